The maximum absolute atomic E-state index is 10.1. The van der Waals surface area contributed by atoms with Gasteiger partial charge in [0.2, 0.25) is 5.88 Å². The van der Waals surface area contributed by atoms with Gasteiger partial charge >= 0.3 is 0 Å². The van der Waals surface area contributed by atoms with E-state index in [4.69, 9.17) is 19.9 Å². The molecule has 0 spiro atoms. The van der Waals surface area contributed by atoms with E-state index in [2.05, 4.69) is 41.3 Å². The summed E-state index contributed by atoms with van der Waals surface area (Å²) >= 11 is 0. The Morgan fingerprint density at radius 2 is 1.56 bits per heavy atom. The van der Waals surface area contributed by atoms with Gasteiger partial charge < -0.3 is 19.9 Å². The second-order valence-electron chi connectivity index (χ2n) is 9.58. The van der Waals surface area contributed by atoms with Crippen LogP contribution in [0.5, 0.6) is 11.5 Å². The zero-order chi connectivity index (χ0) is 27.2. The van der Waals surface area contributed by atoms with Crippen LogP contribution >= 0.6 is 0 Å². The van der Waals surface area contributed by atoms with Crippen LogP contribution in [0, 0.1) is 11.3 Å². The molecule has 3 aromatic rings. The molecule has 2 aliphatic heterocycles. The largest absolute Gasteiger partial charge is 0.494 e. The predicted molar refractivity (Wildman–Crippen MR) is 153 cm³/mol. The number of hydrogen-bond donors (Lipinski definition) is 1. The minimum Gasteiger partial charge on any atom is -0.494 e. The van der Waals surface area contributed by atoms with Crippen molar-refractivity contribution in [3.63, 3.8) is 0 Å². The molecular weight excluding hydrogens is 486 g/mol. The third-order valence-electron chi connectivity index (χ3n) is 6.91. The van der Waals surface area contributed by atoms with E-state index in [0.717, 1.165) is 46.1 Å². The van der Waals surface area contributed by atoms with Gasteiger partial charge in [0.25, 0.3) is 0 Å². The highest BCUT2D eigenvalue weighted by atomic mass is 16.5. The summed E-state index contributed by atoms with van der Waals surface area (Å²) in [6, 6.07) is 28.7. The third kappa shape index (κ3) is 5.84. The van der Waals surface area contributed by atoms with Crippen molar-refractivity contribution in [2.24, 2.45) is 5.73 Å². The number of ether oxygens (including phenoxy) is 3. The lowest BCUT2D eigenvalue weighted by Gasteiger charge is -2.38. The Bertz CT molecular complexity index is 1430. The molecule has 0 radical (unpaired) electrons. The Hall–Kier alpha value is -4.47. The highest BCUT2D eigenvalue weighted by Gasteiger charge is 2.37. The van der Waals surface area contributed by atoms with Crippen LogP contribution in [0.25, 0.3) is 6.08 Å². The number of benzene rings is 3. The van der Waals surface area contributed by atoms with E-state index in [-0.39, 0.29) is 11.8 Å². The molecule has 6 heteroatoms. The zero-order valence-corrected chi connectivity index (χ0v) is 22.4. The van der Waals surface area contributed by atoms with Gasteiger partial charge in [0.1, 0.15) is 28.9 Å². The van der Waals surface area contributed by atoms with Crippen LogP contribution in [-0.4, -0.2) is 31.2 Å². The normalized spacial score (nSPS) is 18.4. The summed E-state index contributed by atoms with van der Waals surface area (Å²) in [5.74, 6) is 2.23. The summed E-state index contributed by atoms with van der Waals surface area (Å²) in [7, 11) is 0. The lowest BCUT2D eigenvalue weighted by atomic mass is 9.80. The van der Waals surface area contributed by atoms with Crippen LogP contribution in [0.3, 0.4) is 0 Å². The van der Waals surface area contributed by atoms with Gasteiger partial charge in [0.05, 0.1) is 19.1 Å². The Kier molecular flexibility index (Phi) is 8.00. The van der Waals surface area contributed by atoms with Crippen LogP contribution in [0.1, 0.15) is 36.5 Å². The Morgan fingerprint density at radius 1 is 0.923 bits per heavy atom. The molecular formula is C33H33N3O3. The van der Waals surface area contributed by atoms with Crippen molar-refractivity contribution in [2.75, 3.05) is 26.3 Å². The molecule has 0 saturated carbocycles. The first-order chi connectivity index (χ1) is 19.1. The first kappa shape index (κ1) is 26.1. The monoisotopic (exact) mass is 519 g/mol. The van der Waals surface area contributed by atoms with Gasteiger partial charge in [0, 0.05) is 25.2 Å². The summed E-state index contributed by atoms with van der Waals surface area (Å²) < 4.78 is 17.5. The number of hydrogen-bond acceptors (Lipinski definition) is 6. The minimum atomic E-state index is -0.309. The van der Waals surface area contributed by atoms with Gasteiger partial charge in [-0.3, -0.25) is 4.90 Å². The van der Waals surface area contributed by atoms with Crippen molar-refractivity contribution in [1.82, 2.24) is 4.90 Å². The van der Waals surface area contributed by atoms with Gasteiger partial charge in [0.15, 0.2) is 0 Å². The van der Waals surface area contributed by atoms with E-state index in [0.29, 0.717) is 31.9 Å². The topological polar surface area (TPSA) is 80.7 Å². The van der Waals surface area contributed by atoms with Gasteiger partial charge in [-0.1, -0.05) is 54.6 Å². The maximum atomic E-state index is 10.1. The van der Waals surface area contributed by atoms with E-state index in [1.54, 1.807) is 0 Å². The molecule has 1 unspecified atom stereocenters. The number of rotatable bonds is 8. The molecule has 0 amide bonds. The van der Waals surface area contributed by atoms with E-state index in [1.807, 2.05) is 68.4 Å². The summed E-state index contributed by atoms with van der Waals surface area (Å²) in [4.78, 5) is 2.38. The Morgan fingerprint density at radius 3 is 2.18 bits per heavy atom. The molecule has 2 heterocycles. The van der Waals surface area contributed by atoms with Crippen molar-refractivity contribution in [2.45, 2.75) is 26.3 Å². The molecule has 0 aromatic heterocycles. The minimum absolute atomic E-state index is 0.157. The first-order valence-corrected chi connectivity index (χ1v) is 13.3. The molecule has 0 aliphatic carbocycles. The van der Waals surface area contributed by atoms with E-state index in [9.17, 15) is 5.26 Å². The summed E-state index contributed by atoms with van der Waals surface area (Å²) in [5.41, 5.74) is 12.1. The van der Waals surface area contributed by atoms with Crippen LogP contribution < -0.4 is 15.2 Å². The molecule has 0 saturated heterocycles. The molecule has 3 aromatic carbocycles. The fourth-order valence-electron chi connectivity index (χ4n) is 5.23. The highest BCUT2D eigenvalue weighted by molar-refractivity contribution is 5.63. The van der Waals surface area contributed by atoms with Crippen LogP contribution in [0.15, 0.2) is 107 Å². The van der Waals surface area contributed by atoms with Gasteiger partial charge in [-0.05, 0) is 66.5 Å². The van der Waals surface area contributed by atoms with Gasteiger partial charge in [-0.15, -0.1) is 0 Å². The van der Waals surface area contributed by atoms with Crippen molar-refractivity contribution < 1.29 is 14.2 Å². The van der Waals surface area contributed by atoms with E-state index < -0.39 is 0 Å². The molecule has 2 N–H and O–H groups in total. The molecule has 1 atom stereocenters. The molecule has 6 nitrogen and oxygen atoms in total. The van der Waals surface area contributed by atoms with Crippen molar-refractivity contribution in [3.8, 4) is 17.6 Å². The lowest BCUT2D eigenvalue weighted by Crippen LogP contribution is -2.37. The average molecular weight is 520 g/mol. The van der Waals surface area contributed by atoms with Crippen LogP contribution in [-0.2, 0) is 11.3 Å². The lowest BCUT2D eigenvalue weighted by molar-refractivity contribution is 0.230. The second-order valence-corrected chi connectivity index (χ2v) is 9.58. The third-order valence-corrected chi connectivity index (χ3v) is 6.91. The molecule has 5 rings (SSSR count). The smallest absolute Gasteiger partial charge is 0.205 e. The number of nitrogens with two attached hydrogens (primary N) is 1. The van der Waals surface area contributed by atoms with Crippen LogP contribution in [0.2, 0.25) is 0 Å². The molecule has 39 heavy (non-hydrogen) atoms. The summed E-state index contributed by atoms with van der Waals surface area (Å²) in [5, 5.41) is 10.1. The van der Waals surface area contributed by atoms with E-state index >= 15 is 0 Å². The highest BCUT2D eigenvalue weighted by Crippen LogP contribution is 2.44. The molecule has 0 bridgehead atoms. The fourth-order valence-corrected chi connectivity index (χ4v) is 5.23. The number of allylic oxidation sites excluding steroid dienone is 1. The molecule has 0 fully saturated rings. The number of nitriles is 1. The Balaban J connectivity index is 1.58. The number of nitrogens with zero attached hydrogens (tertiary/aromatic N) is 2. The fraction of sp³-hybridized carbons (Fsp3) is 0.242. The summed E-state index contributed by atoms with van der Waals surface area (Å²) in [6.45, 7) is 7.27. The van der Waals surface area contributed by atoms with Crippen molar-refractivity contribution >= 4 is 6.08 Å². The van der Waals surface area contributed by atoms with E-state index in [1.165, 1.54) is 5.56 Å². The van der Waals surface area contributed by atoms with Crippen molar-refractivity contribution in [1.29, 1.82) is 5.26 Å². The second kappa shape index (κ2) is 11.9. The standard InChI is InChI=1S/C33H33N3O3/c1-3-37-27-14-10-23(11-15-27)18-26-21-36(20-24-8-6-5-7-9-24)22-30-31(29(19-34)33(35)39-32(26)30)25-12-16-28(17-13-25)38-4-2/h5-18,31H,3-4,20-22,35H2,1-2H3. The first-order valence-electron chi connectivity index (χ1n) is 13.3. The quantitative estimate of drug-likeness (QED) is 0.385. The van der Waals surface area contributed by atoms with Crippen LogP contribution in [0.4, 0.5) is 0 Å². The average Bonchev–Trinajstić information content (AvgIpc) is 2.95. The molecule has 2 aliphatic rings. The maximum Gasteiger partial charge on any atom is 0.205 e. The Labute approximate surface area is 230 Å². The van der Waals surface area contributed by atoms with Gasteiger partial charge in [-0.25, -0.2) is 0 Å². The molecule has 198 valence electrons. The van der Waals surface area contributed by atoms with Gasteiger partial charge in [-0.2, -0.15) is 5.26 Å². The van der Waals surface area contributed by atoms with Crippen molar-refractivity contribution in [3.05, 3.63) is 124 Å². The summed E-state index contributed by atoms with van der Waals surface area (Å²) in [6.07, 6.45) is 2.14. The SMILES string of the molecule is CCOc1ccc(C=C2CN(Cc3ccccc3)CC3=C2OC(N)=C(C#N)C3c2ccc(OCC)cc2)cc1. The predicted octanol–water partition coefficient (Wildman–Crippen LogP) is 6.15. The zero-order valence-electron chi connectivity index (χ0n) is 22.4.